The molecule has 2 aromatic rings. The van der Waals surface area contributed by atoms with Gasteiger partial charge in [0.25, 0.3) is 15.9 Å². The third-order valence-electron chi connectivity index (χ3n) is 2.99. The molecule has 0 unspecified atom stereocenters. The number of carbonyl (C=O) groups is 2. The number of amides is 2. The van der Waals surface area contributed by atoms with E-state index in [1.807, 2.05) is 0 Å². The summed E-state index contributed by atoms with van der Waals surface area (Å²) >= 11 is 12.6. The quantitative estimate of drug-likeness (QED) is 0.589. The van der Waals surface area contributed by atoms with E-state index in [-0.39, 0.29) is 24.8 Å². The van der Waals surface area contributed by atoms with Crippen molar-refractivity contribution in [3.05, 3.63) is 44.6 Å². The molecule has 0 fully saturated rings. The summed E-state index contributed by atoms with van der Waals surface area (Å²) in [4.78, 5) is 23.4. The Labute approximate surface area is 176 Å². The Morgan fingerprint density at radius 3 is 2.18 bits per heavy atom. The summed E-state index contributed by atoms with van der Waals surface area (Å²) in [6, 6.07) is 6.79. The van der Waals surface area contributed by atoms with E-state index in [9.17, 15) is 18.0 Å². The van der Waals surface area contributed by atoms with Crippen LogP contribution in [0.15, 0.2) is 35.2 Å². The molecule has 0 aliphatic carbocycles. The molecule has 152 valence electrons. The third kappa shape index (κ3) is 6.26. The van der Waals surface area contributed by atoms with Crippen LogP contribution < -0.4 is 15.6 Å². The number of hydrogen-bond donors (Lipinski definition) is 3. The summed E-state index contributed by atoms with van der Waals surface area (Å²) in [6.07, 6.45) is -0.809. The normalized spacial score (nSPS) is 11.6. The summed E-state index contributed by atoms with van der Waals surface area (Å²) < 4.78 is 32.3. The van der Waals surface area contributed by atoms with E-state index in [1.54, 1.807) is 20.8 Å². The molecule has 2 rings (SSSR count). The molecule has 0 saturated carbocycles. The molecule has 12 heteroatoms. The number of anilines is 1. The van der Waals surface area contributed by atoms with Gasteiger partial charge >= 0.3 is 6.09 Å². The fourth-order valence-electron chi connectivity index (χ4n) is 1.89. The average molecular weight is 466 g/mol. The van der Waals surface area contributed by atoms with E-state index in [1.165, 1.54) is 30.3 Å². The van der Waals surface area contributed by atoms with Crippen molar-refractivity contribution in [1.82, 2.24) is 10.9 Å². The Morgan fingerprint density at radius 2 is 1.68 bits per heavy atom. The monoisotopic (exact) mass is 465 g/mol. The molecule has 0 aliphatic rings. The Kier molecular flexibility index (Phi) is 6.81. The van der Waals surface area contributed by atoms with Gasteiger partial charge in [-0.1, -0.05) is 23.2 Å². The van der Waals surface area contributed by atoms with Gasteiger partial charge in [0.1, 0.15) is 14.8 Å². The molecule has 1 heterocycles. The number of thiophene rings is 1. The lowest BCUT2D eigenvalue weighted by Crippen LogP contribution is -2.44. The predicted molar refractivity (Wildman–Crippen MR) is 108 cm³/mol. The highest BCUT2D eigenvalue weighted by Crippen LogP contribution is 2.35. The van der Waals surface area contributed by atoms with Crippen molar-refractivity contribution in [3.8, 4) is 0 Å². The zero-order valence-electron chi connectivity index (χ0n) is 15.0. The van der Waals surface area contributed by atoms with Gasteiger partial charge in [0.15, 0.2) is 0 Å². The van der Waals surface area contributed by atoms with E-state index in [0.717, 1.165) is 11.3 Å². The molecule has 0 atom stereocenters. The lowest BCUT2D eigenvalue weighted by atomic mass is 10.2. The zero-order chi connectivity index (χ0) is 21.1. The topological polar surface area (TPSA) is 114 Å². The molecule has 0 bridgehead atoms. The van der Waals surface area contributed by atoms with Gasteiger partial charge in [-0.2, -0.15) is 0 Å². The Morgan fingerprint density at radius 1 is 1.07 bits per heavy atom. The SMILES string of the molecule is CC(C)(C)OC(=O)NNC(=O)c1ccc(NS(=O)(=O)c2cc(Cl)sc2Cl)cc1. The number of halogens is 2. The number of sulfonamides is 1. The molecule has 1 aromatic heterocycles. The number of hydrazine groups is 1. The molecular weight excluding hydrogens is 449 g/mol. The second kappa shape index (κ2) is 8.56. The largest absolute Gasteiger partial charge is 0.443 e. The van der Waals surface area contributed by atoms with Crippen molar-refractivity contribution in [2.75, 3.05) is 4.72 Å². The molecule has 0 aliphatic heterocycles. The maximum Gasteiger partial charge on any atom is 0.426 e. The highest BCUT2D eigenvalue weighted by Gasteiger charge is 2.21. The highest BCUT2D eigenvalue weighted by atomic mass is 35.5. The molecule has 3 N–H and O–H groups in total. The van der Waals surface area contributed by atoms with Crippen molar-refractivity contribution < 1.29 is 22.7 Å². The maximum absolute atomic E-state index is 12.4. The standard InChI is InChI=1S/C16H17Cl2N3O5S2/c1-16(2,3)26-15(23)20-19-14(22)9-4-6-10(7-5-9)21-28(24,25)11-8-12(17)27-13(11)18/h4-8,21H,1-3H3,(H,19,22)(H,20,23). The van der Waals surface area contributed by atoms with Gasteiger partial charge in [0.2, 0.25) is 0 Å². The molecule has 0 saturated heterocycles. The predicted octanol–water partition coefficient (Wildman–Crippen LogP) is 4.03. The van der Waals surface area contributed by atoms with Crippen LogP contribution >= 0.6 is 34.5 Å². The molecule has 2 amide bonds. The number of rotatable bonds is 4. The van der Waals surface area contributed by atoms with Crippen LogP contribution in [0.1, 0.15) is 31.1 Å². The highest BCUT2D eigenvalue weighted by molar-refractivity contribution is 7.93. The summed E-state index contributed by atoms with van der Waals surface area (Å²) in [6.45, 7) is 5.06. The van der Waals surface area contributed by atoms with Crippen molar-refractivity contribution in [2.45, 2.75) is 31.3 Å². The molecular formula is C16H17Cl2N3O5S2. The van der Waals surface area contributed by atoms with Crippen LogP contribution in [-0.2, 0) is 14.8 Å². The minimum atomic E-state index is -3.93. The fraction of sp³-hybridized carbons (Fsp3) is 0.250. The van der Waals surface area contributed by atoms with E-state index < -0.39 is 27.6 Å². The minimum absolute atomic E-state index is 0.0433. The first-order valence-corrected chi connectivity index (χ1v) is 10.8. The Hall–Kier alpha value is -2.01. The first kappa shape index (κ1) is 22.3. The summed E-state index contributed by atoms with van der Waals surface area (Å²) in [7, 11) is -3.93. The second-order valence-corrected chi connectivity index (χ2v) is 10.4. The zero-order valence-corrected chi connectivity index (χ0v) is 18.1. The van der Waals surface area contributed by atoms with Gasteiger partial charge in [-0.05, 0) is 51.1 Å². The Bertz CT molecular complexity index is 983. The van der Waals surface area contributed by atoms with Gasteiger partial charge in [-0.25, -0.2) is 18.6 Å². The van der Waals surface area contributed by atoms with E-state index in [2.05, 4.69) is 15.6 Å². The smallest absolute Gasteiger partial charge is 0.426 e. The first-order chi connectivity index (χ1) is 12.9. The first-order valence-electron chi connectivity index (χ1n) is 7.74. The van der Waals surface area contributed by atoms with E-state index in [0.29, 0.717) is 0 Å². The van der Waals surface area contributed by atoms with Crippen LogP contribution in [0.4, 0.5) is 10.5 Å². The van der Waals surface area contributed by atoms with Crippen LogP contribution in [0.3, 0.4) is 0 Å². The van der Waals surface area contributed by atoms with Gasteiger partial charge in [-0.15, -0.1) is 11.3 Å². The van der Waals surface area contributed by atoms with Gasteiger partial charge in [0, 0.05) is 11.3 Å². The van der Waals surface area contributed by atoms with Crippen molar-refractivity contribution in [1.29, 1.82) is 0 Å². The minimum Gasteiger partial charge on any atom is -0.443 e. The second-order valence-electron chi connectivity index (χ2n) is 6.45. The number of nitrogens with one attached hydrogen (secondary N) is 3. The number of ether oxygens (including phenoxy) is 1. The van der Waals surface area contributed by atoms with Crippen LogP contribution in [0.2, 0.25) is 8.67 Å². The lowest BCUT2D eigenvalue weighted by molar-refractivity contribution is 0.0483. The van der Waals surface area contributed by atoms with E-state index >= 15 is 0 Å². The average Bonchev–Trinajstić information content (AvgIpc) is 2.91. The third-order valence-corrected chi connectivity index (χ3v) is 6.13. The van der Waals surface area contributed by atoms with Crippen molar-refractivity contribution in [3.63, 3.8) is 0 Å². The van der Waals surface area contributed by atoms with Crippen molar-refractivity contribution >= 4 is 62.2 Å². The van der Waals surface area contributed by atoms with Crippen LogP contribution in [0.25, 0.3) is 0 Å². The molecule has 0 radical (unpaired) electrons. The number of benzene rings is 1. The van der Waals surface area contributed by atoms with Crippen LogP contribution in [0.5, 0.6) is 0 Å². The van der Waals surface area contributed by atoms with E-state index in [4.69, 9.17) is 27.9 Å². The summed E-state index contributed by atoms with van der Waals surface area (Å²) in [5, 5.41) is 0. The van der Waals surface area contributed by atoms with Gasteiger partial charge in [0.05, 0.1) is 4.34 Å². The fourth-order valence-corrected chi connectivity index (χ4v) is 5.10. The molecule has 1 aromatic carbocycles. The number of hydrogen-bond acceptors (Lipinski definition) is 6. The molecule has 8 nitrogen and oxygen atoms in total. The van der Waals surface area contributed by atoms with Gasteiger partial charge in [-0.3, -0.25) is 14.9 Å². The maximum atomic E-state index is 12.4. The molecule has 28 heavy (non-hydrogen) atoms. The van der Waals surface area contributed by atoms with Crippen LogP contribution in [0, 0.1) is 0 Å². The lowest BCUT2D eigenvalue weighted by Gasteiger charge is -2.19. The Balaban J connectivity index is 2.00. The van der Waals surface area contributed by atoms with Gasteiger partial charge < -0.3 is 4.74 Å². The molecule has 0 spiro atoms. The summed E-state index contributed by atoms with van der Waals surface area (Å²) in [5.41, 5.74) is 4.02. The number of carbonyl (C=O) groups excluding carboxylic acids is 2. The van der Waals surface area contributed by atoms with Crippen molar-refractivity contribution in [2.24, 2.45) is 0 Å². The van der Waals surface area contributed by atoms with Crippen LogP contribution in [-0.4, -0.2) is 26.0 Å². The summed E-state index contributed by atoms with van der Waals surface area (Å²) in [5.74, 6) is -0.604.